The third-order valence-electron chi connectivity index (χ3n) is 0. The molecule has 0 rings (SSSR count). The Hall–Kier alpha value is -0.251. The van der Waals surface area contributed by atoms with E-state index in [9.17, 15) is 0 Å². The molecule has 0 spiro atoms. The summed E-state index contributed by atoms with van der Waals surface area (Å²) in [5, 5.41) is 16.7. The van der Waals surface area contributed by atoms with Crippen LogP contribution in [-0.4, -0.2) is 11.6 Å². The zero-order chi connectivity index (χ0) is 3.58. The Morgan fingerprint density at radius 2 is 1.33 bits per heavy atom. The summed E-state index contributed by atoms with van der Waals surface area (Å²) in [5.41, 5.74) is 0. The fourth-order valence-electron chi connectivity index (χ4n) is 0. The fraction of sp³-hybridized carbons (Fsp3) is 0. The van der Waals surface area contributed by atoms with E-state index in [1.54, 1.807) is 0 Å². The van der Waals surface area contributed by atoms with Gasteiger partial charge in [-0.15, -0.1) is 0 Å². The van der Waals surface area contributed by atoms with Crippen LogP contribution in [0, 0.1) is 0 Å². The van der Waals surface area contributed by atoms with E-state index in [2.05, 4.69) is 0 Å². The van der Waals surface area contributed by atoms with Crippen molar-refractivity contribution in [1.29, 1.82) is 0 Å². The average Bonchev–Trinajstić information content (AvgIpc) is 0.811. The maximum atomic E-state index is 8.33. The normalized spacial score (nSPS) is 4.00. The van der Waals surface area contributed by atoms with Crippen LogP contribution >= 0.6 is 0 Å². The fourth-order valence-corrected chi connectivity index (χ4v) is 0. The van der Waals surface area contributed by atoms with Crippen molar-refractivity contribution in [2.24, 2.45) is 0 Å². The van der Waals surface area contributed by atoms with E-state index in [0.29, 0.717) is 0 Å². The molecule has 0 bridgehead atoms. The van der Waals surface area contributed by atoms with Gasteiger partial charge >= 0.3 is 17.1 Å². The molecule has 0 amide bonds. The van der Waals surface area contributed by atoms with Gasteiger partial charge in [0.2, 0.25) is 0 Å². The minimum absolute atomic E-state index is 0. The molecule has 0 atom stereocenters. The Kier molecular flexibility index (Phi) is 25.3. The average molecular weight is 132 g/mol. The Morgan fingerprint density at radius 3 is 1.33 bits per heavy atom. The van der Waals surface area contributed by atoms with Crippen molar-refractivity contribution in [2.45, 2.75) is 0 Å². The van der Waals surface area contributed by atoms with Crippen molar-refractivity contribution < 1.29 is 37.6 Å². The molecule has 0 aromatic rings. The van der Waals surface area contributed by atoms with Crippen molar-refractivity contribution in [2.75, 3.05) is 0 Å². The Labute approximate surface area is 44.6 Å². The quantitative estimate of drug-likeness (QED) is 0.337. The van der Waals surface area contributed by atoms with E-state index in [4.69, 9.17) is 15.0 Å². The minimum atomic E-state index is -2.33. The molecule has 36 valence electrons. The number of rotatable bonds is 0. The van der Waals surface area contributed by atoms with E-state index in [1.807, 2.05) is 0 Å². The van der Waals surface area contributed by atoms with E-state index in [-0.39, 0.29) is 22.5 Å². The summed E-state index contributed by atoms with van der Waals surface area (Å²) in [5.74, 6) is 0. The van der Waals surface area contributed by atoms with Gasteiger partial charge in [0.25, 0.3) is 0 Å². The van der Waals surface area contributed by atoms with Crippen molar-refractivity contribution >= 4 is 6.16 Å². The Morgan fingerprint density at radius 1 is 1.33 bits per heavy atom. The second kappa shape index (κ2) is 8.83. The number of hydrogen-bond acceptors (Lipinski definition) is 4. The van der Waals surface area contributed by atoms with Crippen molar-refractivity contribution in [3.8, 4) is 0 Å². The van der Waals surface area contributed by atoms with Crippen LogP contribution in [0.25, 0.3) is 0 Å². The van der Waals surface area contributed by atoms with Crippen molar-refractivity contribution in [1.82, 2.24) is 0 Å². The molecule has 4 nitrogen and oxygen atoms in total. The smallest absolute Gasteiger partial charge is 0.870 e. The Balaban J connectivity index is -0.0000000450. The number of carbonyl (C=O) groups excluding carboxylic acids is 1. The summed E-state index contributed by atoms with van der Waals surface area (Å²) >= 11 is 0. The molecule has 0 fully saturated rings. The molecular weight excluding hydrogens is 131 g/mol. The van der Waals surface area contributed by atoms with Crippen LogP contribution < -0.4 is 10.2 Å². The van der Waals surface area contributed by atoms with Crippen LogP contribution in [-0.2, 0) is 17.1 Å². The van der Waals surface area contributed by atoms with Gasteiger partial charge in [0.05, 0.1) is 0 Å². The molecule has 5 heteroatoms. The van der Waals surface area contributed by atoms with Crippen molar-refractivity contribution in [3.63, 3.8) is 0 Å². The molecule has 0 aromatic heterocycles. The first kappa shape index (κ1) is 17.2. The summed E-state index contributed by atoms with van der Waals surface area (Å²) < 4.78 is 0. The molecule has 0 aliphatic heterocycles. The van der Waals surface area contributed by atoms with Gasteiger partial charge in [0.1, 0.15) is 0 Å². The number of carbonyl (C=O) groups is 1. The van der Waals surface area contributed by atoms with Crippen LogP contribution in [0.1, 0.15) is 0 Å². The molecule has 0 aliphatic carbocycles. The predicted molar refractivity (Wildman–Crippen MR) is 7.33 cm³/mol. The molecular formula is CHMnO4. The summed E-state index contributed by atoms with van der Waals surface area (Å²) in [7, 11) is 0. The number of hydrogen-bond donors (Lipinski definition) is 0. The van der Waals surface area contributed by atoms with Crippen LogP contribution in [0.4, 0.5) is 4.79 Å². The van der Waals surface area contributed by atoms with Gasteiger partial charge in [0.15, 0.2) is 0 Å². The van der Waals surface area contributed by atoms with Gasteiger partial charge < -0.3 is 20.5 Å². The first-order chi connectivity index (χ1) is 1.73. The van der Waals surface area contributed by atoms with Gasteiger partial charge in [0, 0.05) is 0 Å². The van der Waals surface area contributed by atoms with Crippen LogP contribution in [0.3, 0.4) is 0 Å². The third-order valence-corrected chi connectivity index (χ3v) is 0. The Bertz CT molecular complexity index is 30.5. The van der Waals surface area contributed by atoms with Gasteiger partial charge in [-0.1, -0.05) is 0 Å². The third kappa shape index (κ3) is 452. The van der Waals surface area contributed by atoms with E-state index < -0.39 is 6.16 Å². The van der Waals surface area contributed by atoms with Crippen LogP contribution in [0.2, 0.25) is 0 Å². The van der Waals surface area contributed by atoms with Gasteiger partial charge in [-0.2, -0.15) is 0 Å². The summed E-state index contributed by atoms with van der Waals surface area (Å²) in [6, 6.07) is 0. The summed E-state index contributed by atoms with van der Waals surface area (Å²) in [6.45, 7) is 0. The number of carboxylic acid groups (broad SMARTS) is 2. The predicted octanol–water partition coefficient (Wildman–Crippen LogP) is -2.63. The first-order valence-corrected chi connectivity index (χ1v) is 0.612. The van der Waals surface area contributed by atoms with Crippen LogP contribution in [0.15, 0.2) is 0 Å². The van der Waals surface area contributed by atoms with E-state index in [1.165, 1.54) is 0 Å². The SMILES string of the molecule is O=C([O-])[O-].[Mn+3].[OH-]. The van der Waals surface area contributed by atoms with Gasteiger partial charge in [-0.3, -0.25) is 0 Å². The molecule has 0 unspecified atom stereocenters. The molecule has 0 saturated heterocycles. The van der Waals surface area contributed by atoms with Crippen LogP contribution in [0.5, 0.6) is 0 Å². The second-order valence-electron chi connectivity index (χ2n) is 0.250. The van der Waals surface area contributed by atoms with Crippen molar-refractivity contribution in [3.05, 3.63) is 0 Å². The second-order valence-corrected chi connectivity index (χ2v) is 0.250. The molecule has 0 aromatic carbocycles. The standard InChI is InChI=1S/CH2O3.Mn.H2O/c2-1(3)4;;/h(H2,2,3,4);;1H2/q;+3;/p-3. The maximum absolute atomic E-state index is 8.33. The van der Waals surface area contributed by atoms with E-state index >= 15 is 0 Å². The van der Waals surface area contributed by atoms with Gasteiger partial charge in [-0.25, -0.2) is 0 Å². The molecule has 0 radical (unpaired) electrons. The van der Waals surface area contributed by atoms with Gasteiger partial charge in [-0.05, 0) is 6.16 Å². The zero-order valence-corrected chi connectivity index (χ0v) is 3.73. The first-order valence-electron chi connectivity index (χ1n) is 0.612. The largest absolute Gasteiger partial charge is 3.00 e. The zero-order valence-electron chi connectivity index (χ0n) is 2.55. The molecule has 0 aliphatic rings. The maximum Gasteiger partial charge on any atom is 3.00 e. The molecule has 1 N–H and O–H groups in total. The van der Waals surface area contributed by atoms with E-state index in [0.717, 1.165) is 0 Å². The monoisotopic (exact) mass is 132 g/mol. The minimum Gasteiger partial charge on any atom is -0.870 e. The molecule has 0 saturated carbocycles. The summed E-state index contributed by atoms with van der Waals surface area (Å²) in [6.07, 6.45) is -2.33. The topological polar surface area (TPSA) is 93.2 Å². The summed E-state index contributed by atoms with van der Waals surface area (Å²) in [4.78, 5) is 8.33. The molecule has 0 heterocycles. The molecule has 6 heavy (non-hydrogen) atoms.